The first kappa shape index (κ1) is 17.1. The molecule has 0 saturated carbocycles. The number of non-ortho nitro benzene ring substituents is 1. The lowest BCUT2D eigenvalue weighted by Crippen LogP contribution is -2.38. The van der Waals surface area contributed by atoms with Gasteiger partial charge < -0.3 is 9.88 Å². The Balaban J connectivity index is 2.07. The van der Waals surface area contributed by atoms with E-state index in [2.05, 4.69) is 5.32 Å². The Hall–Kier alpha value is -3.23. The zero-order valence-electron chi connectivity index (χ0n) is 13.2. The van der Waals surface area contributed by atoms with Crippen LogP contribution in [0.3, 0.4) is 0 Å². The van der Waals surface area contributed by atoms with E-state index in [0.717, 1.165) is 4.57 Å². The smallest absolute Gasteiger partial charge is 0.320 e. The number of nitrogens with one attached hydrogen (secondary N) is 1. The van der Waals surface area contributed by atoms with Gasteiger partial charge in [0.25, 0.3) is 11.2 Å². The molecule has 1 aromatic heterocycles. The summed E-state index contributed by atoms with van der Waals surface area (Å²) in [6.07, 6.45) is 1.60. The number of carbonyl (C=O) groups excluding carboxylic acids is 1. The van der Waals surface area contributed by atoms with Gasteiger partial charge in [0.15, 0.2) is 0 Å². The molecular weight excluding hydrogens is 316 g/mol. The van der Waals surface area contributed by atoms with Crippen LogP contribution in [0.2, 0.25) is 0 Å². The van der Waals surface area contributed by atoms with E-state index < -0.39 is 22.1 Å². The fourth-order valence-corrected chi connectivity index (χ4v) is 2.19. The standard InChI is InChI=1S/C15H16N4O5/c1-17-9-12(14(21)18(2)15(17)22)16-13(20)7-6-10-4-3-5-11(8-10)19(23)24/h3-5,8-9H,6-7H2,1-2H3,(H,16,20). The van der Waals surface area contributed by atoms with Gasteiger partial charge in [-0.25, -0.2) is 4.79 Å². The van der Waals surface area contributed by atoms with Crippen LogP contribution in [0.25, 0.3) is 0 Å². The second-order valence-corrected chi connectivity index (χ2v) is 5.28. The van der Waals surface area contributed by atoms with Crippen LogP contribution in [0.5, 0.6) is 0 Å². The van der Waals surface area contributed by atoms with Crippen molar-refractivity contribution in [2.45, 2.75) is 12.8 Å². The summed E-state index contributed by atoms with van der Waals surface area (Å²) in [5.41, 5.74) is -0.479. The van der Waals surface area contributed by atoms with Crippen molar-refractivity contribution in [1.82, 2.24) is 9.13 Å². The molecule has 0 aliphatic heterocycles. The molecule has 126 valence electrons. The Morgan fingerprint density at radius 2 is 2.00 bits per heavy atom. The number of hydrogen-bond acceptors (Lipinski definition) is 5. The van der Waals surface area contributed by atoms with E-state index in [1.54, 1.807) is 12.1 Å². The highest BCUT2D eigenvalue weighted by Gasteiger charge is 2.11. The van der Waals surface area contributed by atoms with Gasteiger partial charge in [0.05, 0.1) is 4.92 Å². The first-order valence-corrected chi connectivity index (χ1v) is 7.09. The lowest BCUT2D eigenvalue weighted by Gasteiger charge is -2.08. The lowest BCUT2D eigenvalue weighted by molar-refractivity contribution is -0.384. The fourth-order valence-electron chi connectivity index (χ4n) is 2.19. The highest BCUT2D eigenvalue weighted by Crippen LogP contribution is 2.14. The van der Waals surface area contributed by atoms with Crippen molar-refractivity contribution in [3.63, 3.8) is 0 Å². The summed E-state index contributed by atoms with van der Waals surface area (Å²) < 4.78 is 2.09. The highest BCUT2D eigenvalue weighted by molar-refractivity contribution is 5.90. The fraction of sp³-hybridized carbons (Fsp3) is 0.267. The molecule has 1 amide bonds. The van der Waals surface area contributed by atoms with E-state index in [1.807, 2.05) is 0 Å². The molecule has 0 aliphatic rings. The predicted molar refractivity (Wildman–Crippen MR) is 87.0 cm³/mol. The van der Waals surface area contributed by atoms with E-state index in [0.29, 0.717) is 12.0 Å². The second kappa shape index (κ2) is 6.90. The molecule has 0 bridgehead atoms. The molecule has 1 heterocycles. The van der Waals surface area contributed by atoms with Crippen LogP contribution >= 0.6 is 0 Å². The summed E-state index contributed by atoms with van der Waals surface area (Å²) in [7, 11) is 2.80. The molecule has 0 atom stereocenters. The first-order valence-electron chi connectivity index (χ1n) is 7.09. The predicted octanol–water partition coefficient (Wildman–Crippen LogP) is 0.563. The molecule has 0 spiro atoms. The summed E-state index contributed by atoms with van der Waals surface area (Å²) in [4.78, 5) is 45.7. The molecule has 2 rings (SSSR count). The minimum atomic E-state index is -0.596. The van der Waals surface area contributed by atoms with Crippen LogP contribution < -0.4 is 16.6 Å². The number of rotatable bonds is 5. The second-order valence-electron chi connectivity index (χ2n) is 5.28. The third kappa shape index (κ3) is 3.75. The molecule has 24 heavy (non-hydrogen) atoms. The van der Waals surface area contributed by atoms with Crippen LogP contribution in [-0.4, -0.2) is 20.0 Å². The van der Waals surface area contributed by atoms with Crippen molar-refractivity contribution >= 4 is 17.3 Å². The molecule has 9 nitrogen and oxygen atoms in total. The summed E-state index contributed by atoms with van der Waals surface area (Å²) in [5.74, 6) is -0.419. The Labute approximate surface area is 136 Å². The Morgan fingerprint density at radius 3 is 2.67 bits per heavy atom. The molecule has 9 heteroatoms. The van der Waals surface area contributed by atoms with Crippen LogP contribution in [0, 0.1) is 10.1 Å². The Kier molecular flexibility index (Phi) is 4.93. The van der Waals surface area contributed by atoms with Crippen molar-refractivity contribution < 1.29 is 9.72 Å². The number of amides is 1. The summed E-state index contributed by atoms with van der Waals surface area (Å²) in [6.45, 7) is 0. The number of anilines is 1. The lowest BCUT2D eigenvalue weighted by atomic mass is 10.1. The number of benzene rings is 1. The van der Waals surface area contributed by atoms with E-state index in [-0.39, 0.29) is 17.8 Å². The quantitative estimate of drug-likeness (QED) is 0.634. The zero-order chi connectivity index (χ0) is 17.9. The largest absolute Gasteiger partial charge is 0.330 e. The van der Waals surface area contributed by atoms with E-state index in [1.165, 1.54) is 37.0 Å². The van der Waals surface area contributed by atoms with Gasteiger partial charge in [-0.15, -0.1) is 0 Å². The molecular formula is C15H16N4O5. The average Bonchev–Trinajstić information content (AvgIpc) is 2.56. The minimum absolute atomic E-state index is 0.00337. The third-order valence-corrected chi connectivity index (χ3v) is 3.48. The SMILES string of the molecule is Cn1cc(NC(=O)CCc2cccc([N+](=O)[O-])c2)c(=O)n(C)c1=O. The van der Waals surface area contributed by atoms with E-state index in [9.17, 15) is 24.5 Å². The number of nitrogens with zero attached hydrogens (tertiary/aromatic N) is 3. The maximum Gasteiger partial charge on any atom is 0.330 e. The Morgan fingerprint density at radius 1 is 1.29 bits per heavy atom. The molecule has 1 N–H and O–H groups in total. The molecule has 0 unspecified atom stereocenters. The normalized spacial score (nSPS) is 10.4. The maximum atomic E-state index is 12.0. The number of hydrogen-bond donors (Lipinski definition) is 1. The Bertz CT molecular complexity index is 913. The van der Waals surface area contributed by atoms with E-state index >= 15 is 0 Å². The minimum Gasteiger partial charge on any atom is -0.320 e. The average molecular weight is 332 g/mol. The van der Waals surface area contributed by atoms with Gasteiger partial charge in [-0.1, -0.05) is 12.1 Å². The van der Waals surface area contributed by atoms with Crippen molar-refractivity contribution in [1.29, 1.82) is 0 Å². The monoisotopic (exact) mass is 332 g/mol. The number of aromatic nitrogens is 2. The van der Waals surface area contributed by atoms with Crippen LogP contribution in [0.15, 0.2) is 40.1 Å². The first-order chi connectivity index (χ1) is 11.3. The molecule has 0 aliphatic carbocycles. The summed E-state index contributed by atoms with van der Waals surface area (Å²) >= 11 is 0. The topological polar surface area (TPSA) is 116 Å². The van der Waals surface area contributed by atoms with Gasteiger partial charge in [0.1, 0.15) is 5.69 Å². The van der Waals surface area contributed by atoms with Crippen molar-refractivity contribution in [3.8, 4) is 0 Å². The van der Waals surface area contributed by atoms with Crippen molar-refractivity contribution in [3.05, 3.63) is 67.0 Å². The highest BCUT2D eigenvalue weighted by atomic mass is 16.6. The van der Waals surface area contributed by atoms with Gasteiger partial charge in [-0.2, -0.15) is 0 Å². The van der Waals surface area contributed by atoms with Gasteiger partial charge in [-0.05, 0) is 12.0 Å². The van der Waals surface area contributed by atoms with Gasteiger partial charge in [-0.3, -0.25) is 24.3 Å². The summed E-state index contributed by atoms with van der Waals surface area (Å²) in [5, 5.41) is 13.2. The molecule has 0 saturated heterocycles. The van der Waals surface area contributed by atoms with Gasteiger partial charge in [0, 0.05) is 38.8 Å². The van der Waals surface area contributed by atoms with E-state index in [4.69, 9.17) is 0 Å². The number of aryl methyl sites for hydroxylation is 2. The zero-order valence-corrected chi connectivity index (χ0v) is 13.2. The number of nitro benzene ring substituents is 1. The number of nitro groups is 1. The maximum absolute atomic E-state index is 12.0. The molecule has 2 aromatic rings. The molecule has 1 aromatic carbocycles. The van der Waals surface area contributed by atoms with Gasteiger partial charge in [0.2, 0.25) is 5.91 Å². The summed E-state index contributed by atoms with van der Waals surface area (Å²) in [6, 6.07) is 6.01. The van der Waals surface area contributed by atoms with Crippen LogP contribution in [-0.2, 0) is 25.3 Å². The van der Waals surface area contributed by atoms with Gasteiger partial charge >= 0.3 is 5.69 Å². The van der Waals surface area contributed by atoms with Crippen molar-refractivity contribution in [2.75, 3.05) is 5.32 Å². The van der Waals surface area contributed by atoms with Crippen LogP contribution in [0.4, 0.5) is 11.4 Å². The third-order valence-electron chi connectivity index (χ3n) is 3.48. The number of carbonyl (C=O) groups is 1. The van der Waals surface area contributed by atoms with Crippen molar-refractivity contribution in [2.24, 2.45) is 14.1 Å². The molecule has 0 radical (unpaired) electrons. The molecule has 0 fully saturated rings. The van der Waals surface area contributed by atoms with Crippen LogP contribution in [0.1, 0.15) is 12.0 Å².